The third-order valence-electron chi connectivity index (χ3n) is 5.76. The van der Waals surface area contributed by atoms with Gasteiger partial charge in [0.2, 0.25) is 0 Å². The van der Waals surface area contributed by atoms with Crippen molar-refractivity contribution in [3.05, 3.63) is 88.1 Å². The molecule has 0 saturated carbocycles. The second-order valence-corrected chi connectivity index (χ2v) is 8.57. The smallest absolute Gasteiger partial charge is 0.162 e. The number of rotatable bonds is 2. The summed E-state index contributed by atoms with van der Waals surface area (Å²) in [6, 6.07) is 11.2. The number of allylic oxidation sites excluding steroid dienone is 3. The normalized spacial score (nSPS) is 20.6. The summed E-state index contributed by atoms with van der Waals surface area (Å²) in [5.41, 5.74) is 5.76. The van der Waals surface area contributed by atoms with Crippen LogP contribution in [0.1, 0.15) is 38.2 Å². The van der Waals surface area contributed by atoms with E-state index in [0.717, 1.165) is 17.0 Å². The molecule has 2 aromatic rings. The Balaban J connectivity index is 2.07. The lowest BCUT2D eigenvalue weighted by molar-refractivity contribution is -0.118. The van der Waals surface area contributed by atoms with Gasteiger partial charge in [0.05, 0.1) is 17.6 Å². The van der Waals surface area contributed by atoms with Crippen LogP contribution in [0.3, 0.4) is 0 Å². The van der Waals surface area contributed by atoms with Crippen molar-refractivity contribution in [3.8, 4) is 6.07 Å². The number of hydrogen-bond donors (Lipinski definition) is 1. The predicted molar refractivity (Wildman–Crippen MR) is 110 cm³/mol. The summed E-state index contributed by atoms with van der Waals surface area (Å²) in [5.74, 6) is -3.93. The van der Waals surface area contributed by atoms with Gasteiger partial charge in [-0.25, -0.2) is 13.2 Å². The lowest BCUT2D eigenvalue weighted by Crippen LogP contribution is -2.42. The van der Waals surface area contributed by atoms with Crippen LogP contribution in [-0.4, -0.2) is 5.78 Å². The number of carbonyl (C=O) groups excluding carboxylic acids is 1. The van der Waals surface area contributed by atoms with Gasteiger partial charge in [0.25, 0.3) is 0 Å². The minimum atomic E-state index is -1.05. The monoisotopic (exact) mass is 423 g/mol. The van der Waals surface area contributed by atoms with Gasteiger partial charge >= 0.3 is 0 Å². The number of para-hydroxylation sites is 1. The minimum Gasteiger partial charge on any atom is -0.384 e. The van der Waals surface area contributed by atoms with Gasteiger partial charge in [0, 0.05) is 23.3 Å². The van der Waals surface area contributed by atoms with E-state index in [1.165, 1.54) is 24.3 Å². The Kier molecular flexibility index (Phi) is 4.89. The molecule has 1 aliphatic heterocycles. The zero-order valence-electron chi connectivity index (χ0n) is 17.0. The predicted octanol–water partition coefficient (Wildman–Crippen LogP) is 5.04. The number of benzene rings is 2. The first-order valence-corrected chi connectivity index (χ1v) is 9.81. The van der Waals surface area contributed by atoms with Crippen molar-refractivity contribution in [3.63, 3.8) is 0 Å². The molecule has 0 aromatic heterocycles. The summed E-state index contributed by atoms with van der Waals surface area (Å²) in [4.78, 5) is 14.4. The van der Waals surface area contributed by atoms with Gasteiger partial charge < -0.3 is 5.73 Å². The molecular weight excluding hydrogens is 403 g/mol. The van der Waals surface area contributed by atoms with Crippen molar-refractivity contribution < 1.29 is 18.0 Å². The first-order valence-electron chi connectivity index (χ1n) is 9.81. The maximum absolute atomic E-state index is 14.8. The van der Waals surface area contributed by atoms with Crippen LogP contribution in [0.15, 0.2) is 65.1 Å². The second kappa shape index (κ2) is 7.31. The molecule has 0 spiro atoms. The van der Waals surface area contributed by atoms with Crippen molar-refractivity contribution >= 4 is 11.5 Å². The number of halogens is 3. The highest BCUT2D eigenvalue weighted by Gasteiger charge is 2.46. The van der Waals surface area contributed by atoms with Crippen molar-refractivity contribution in [1.82, 2.24) is 0 Å². The fourth-order valence-corrected chi connectivity index (χ4v) is 4.49. The second-order valence-electron chi connectivity index (χ2n) is 8.57. The first kappa shape index (κ1) is 20.7. The summed E-state index contributed by atoms with van der Waals surface area (Å²) in [7, 11) is 0. The van der Waals surface area contributed by atoms with Crippen LogP contribution < -0.4 is 10.6 Å². The molecule has 2 aliphatic rings. The van der Waals surface area contributed by atoms with E-state index >= 15 is 0 Å². The third kappa shape index (κ3) is 3.28. The molecule has 2 N–H and O–H groups in total. The molecule has 0 saturated heterocycles. The van der Waals surface area contributed by atoms with Crippen LogP contribution in [0.2, 0.25) is 0 Å². The minimum absolute atomic E-state index is 0.121. The molecule has 0 amide bonds. The lowest BCUT2D eigenvalue weighted by Gasteiger charge is -2.43. The Morgan fingerprint density at radius 1 is 1.03 bits per heavy atom. The van der Waals surface area contributed by atoms with Gasteiger partial charge in [0.1, 0.15) is 29.0 Å². The number of ketones is 1. The molecule has 4 nitrogen and oxygen atoms in total. The van der Waals surface area contributed by atoms with Gasteiger partial charge in [-0.15, -0.1) is 0 Å². The Morgan fingerprint density at radius 2 is 1.65 bits per heavy atom. The summed E-state index contributed by atoms with van der Waals surface area (Å²) >= 11 is 0. The summed E-state index contributed by atoms with van der Waals surface area (Å²) in [5, 5.41) is 9.91. The molecular formula is C24H20F3N3O. The highest BCUT2D eigenvalue weighted by atomic mass is 19.1. The van der Waals surface area contributed by atoms with Gasteiger partial charge in [-0.2, -0.15) is 5.26 Å². The third-order valence-corrected chi connectivity index (χ3v) is 5.76. The zero-order valence-corrected chi connectivity index (χ0v) is 17.0. The van der Waals surface area contributed by atoms with Crippen LogP contribution in [0.25, 0.3) is 0 Å². The number of nitrogens with two attached hydrogens (primary N) is 1. The quantitative estimate of drug-likeness (QED) is 0.734. The first-order chi connectivity index (χ1) is 14.7. The SMILES string of the molecule is CC1(C)CC(=O)C2=C(C1)N(c1c(F)cccc1F)C(N)=C(C#N)[C@H]2c1ccccc1F. The van der Waals surface area contributed by atoms with E-state index < -0.39 is 34.5 Å². The molecule has 158 valence electrons. The van der Waals surface area contributed by atoms with Crippen LogP contribution in [0, 0.1) is 34.2 Å². The molecule has 1 atom stereocenters. The van der Waals surface area contributed by atoms with Crippen LogP contribution >= 0.6 is 0 Å². The van der Waals surface area contributed by atoms with Gasteiger partial charge in [-0.3, -0.25) is 9.69 Å². The maximum Gasteiger partial charge on any atom is 0.162 e. The van der Waals surface area contributed by atoms with Crippen LogP contribution in [0.5, 0.6) is 0 Å². The number of carbonyl (C=O) groups is 1. The van der Waals surface area contributed by atoms with E-state index in [4.69, 9.17) is 5.73 Å². The van der Waals surface area contributed by atoms with Crippen molar-refractivity contribution in [1.29, 1.82) is 5.26 Å². The molecule has 7 heteroatoms. The van der Waals surface area contributed by atoms with E-state index in [1.807, 2.05) is 19.9 Å². The van der Waals surface area contributed by atoms with Crippen LogP contribution in [-0.2, 0) is 4.79 Å². The molecule has 0 fully saturated rings. The van der Waals surface area contributed by atoms with E-state index in [-0.39, 0.29) is 46.9 Å². The number of nitrogens with zero attached hydrogens (tertiary/aromatic N) is 2. The number of anilines is 1. The average Bonchev–Trinajstić information content (AvgIpc) is 2.68. The Morgan fingerprint density at radius 3 is 2.26 bits per heavy atom. The molecule has 4 rings (SSSR count). The summed E-state index contributed by atoms with van der Waals surface area (Å²) in [6.07, 6.45) is 0.426. The van der Waals surface area contributed by atoms with Crippen molar-refractivity contribution in [2.24, 2.45) is 11.1 Å². The maximum atomic E-state index is 14.8. The zero-order chi connectivity index (χ0) is 22.5. The lowest BCUT2D eigenvalue weighted by atomic mass is 9.68. The fraction of sp³-hybridized carbons (Fsp3) is 0.250. The van der Waals surface area contributed by atoms with E-state index in [1.54, 1.807) is 6.07 Å². The average molecular weight is 423 g/mol. The number of nitriles is 1. The molecule has 1 aliphatic carbocycles. The largest absolute Gasteiger partial charge is 0.384 e. The van der Waals surface area contributed by atoms with Crippen LogP contribution in [0.4, 0.5) is 18.9 Å². The van der Waals surface area contributed by atoms with Crippen molar-refractivity contribution in [2.75, 3.05) is 4.90 Å². The van der Waals surface area contributed by atoms with E-state index in [0.29, 0.717) is 0 Å². The molecule has 0 unspecified atom stereocenters. The molecule has 0 radical (unpaired) electrons. The highest BCUT2D eigenvalue weighted by molar-refractivity contribution is 6.01. The molecule has 2 aromatic carbocycles. The van der Waals surface area contributed by atoms with E-state index in [9.17, 15) is 23.2 Å². The number of hydrogen-bond acceptors (Lipinski definition) is 4. The Bertz CT molecular complexity index is 1190. The van der Waals surface area contributed by atoms with Gasteiger partial charge in [-0.1, -0.05) is 38.1 Å². The van der Waals surface area contributed by atoms with Crippen molar-refractivity contribution in [2.45, 2.75) is 32.6 Å². The summed E-state index contributed by atoms with van der Waals surface area (Å²) in [6.45, 7) is 3.73. The van der Waals surface area contributed by atoms with Gasteiger partial charge in [-0.05, 0) is 30.0 Å². The summed E-state index contributed by atoms with van der Waals surface area (Å²) < 4.78 is 44.3. The molecule has 31 heavy (non-hydrogen) atoms. The number of Topliss-reactive ketones (excluding diaryl/α,β-unsaturated/α-hetero) is 1. The highest BCUT2D eigenvalue weighted by Crippen LogP contribution is 2.51. The standard InChI is InChI=1S/C24H20F3N3O/c1-24(2)10-18-21(19(31)11-24)20(13-6-3-4-7-15(13)25)14(12-28)23(29)30(18)22-16(26)8-5-9-17(22)27/h3-9,20H,10-11,29H2,1-2H3/t20-/m1/s1. The fourth-order valence-electron chi connectivity index (χ4n) is 4.49. The topological polar surface area (TPSA) is 70.1 Å². The van der Waals surface area contributed by atoms with E-state index in [2.05, 4.69) is 0 Å². The Hall–Kier alpha value is -3.53. The molecule has 0 bridgehead atoms. The molecule has 1 heterocycles. The Labute approximate surface area is 178 Å². The van der Waals surface area contributed by atoms with Gasteiger partial charge in [0.15, 0.2) is 5.78 Å².